The highest BCUT2D eigenvalue weighted by Crippen LogP contribution is 2.27. The molecule has 176 valence electrons. The molecule has 6 heteroatoms. The maximum atomic E-state index is 13.0. The van der Waals surface area contributed by atoms with E-state index in [-0.39, 0.29) is 11.9 Å². The van der Waals surface area contributed by atoms with Crippen LogP contribution in [0.2, 0.25) is 0 Å². The van der Waals surface area contributed by atoms with Gasteiger partial charge in [0.25, 0.3) is 5.91 Å². The first-order valence-electron chi connectivity index (χ1n) is 11.6. The number of benzene rings is 3. The van der Waals surface area contributed by atoms with Crippen molar-refractivity contribution in [3.63, 3.8) is 0 Å². The Morgan fingerprint density at radius 3 is 2.14 bits per heavy atom. The average Bonchev–Trinajstić information content (AvgIpc) is 2.92. The van der Waals surface area contributed by atoms with Crippen LogP contribution in [0.4, 0.5) is 4.79 Å². The largest absolute Gasteiger partial charge is 0.352 e. The minimum atomic E-state index is -0.246. The van der Waals surface area contributed by atoms with Gasteiger partial charge in [0.1, 0.15) is 0 Å². The smallest absolute Gasteiger partial charge is 0.315 e. The van der Waals surface area contributed by atoms with Crippen LogP contribution in [0, 0.1) is 0 Å². The molecule has 0 saturated heterocycles. The molecule has 4 rings (SSSR count). The maximum absolute atomic E-state index is 13.0. The van der Waals surface area contributed by atoms with Gasteiger partial charge in [-0.05, 0) is 40.5 Å². The second kappa shape index (κ2) is 12.1. The van der Waals surface area contributed by atoms with Gasteiger partial charge in [0, 0.05) is 43.5 Å². The zero-order chi connectivity index (χ0) is 24.3. The number of amides is 3. The van der Waals surface area contributed by atoms with Crippen LogP contribution < -0.4 is 16.0 Å². The number of pyridine rings is 1. The van der Waals surface area contributed by atoms with Crippen LogP contribution in [0.15, 0.2) is 103 Å². The molecule has 0 saturated carbocycles. The summed E-state index contributed by atoms with van der Waals surface area (Å²) in [6.07, 6.45) is 2.41. The standard InChI is InChI=1S/C29H28N4O2/c34-28(31-19-17-24-13-8-9-18-30-24)27-16-7-6-15-26(27)25-14-5-4-12-23(25)21-33-29(35)32-20-22-10-2-1-3-11-22/h1-16,18H,17,19-21H2,(H,31,34)(H2,32,33,35). The number of nitrogens with one attached hydrogen (secondary N) is 3. The van der Waals surface area contributed by atoms with Crippen molar-refractivity contribution in [1.82, 2.24) is 20.9 Å². The van der Waals surface area contributed by atoms with Crippen LogP contribution in [-0.2, 0) is 19.5 Å². The van der Waals surface area contributed by atoms with Crippen LogP contribution in [0.3, 0.4) is 0 Å². The molecule has 0 spiro atoms. The summed E-state index contributed by atoms with van der Waals surface area (Å²) in [6.45, 7) is 1.29. The third-order valence-electron chi connectivity index (χ3n) is 5.61. The number of hydrogen-bond donors (Lipinski definition) is 3. The molecule has 6 nitrogen and oxygen atoms in total. The molecule has 3 aromatic carbocycles. The predicted octanol–water partition coefficient (Wildman–Crippen LogP) is 4.72. The molecule has 3 N–H and O–H groups in total. The van der Waals surface area contributed by atoms with Crippen LogP contribution in [0.5, 0.6) is 0 Å². The Labute approximate surface area is 205 Å². The summed E-state index contributed by atoms with van der Waals surface area (Å²) in [5.74, 6) is -0.139. The Kier molecular flexibility index (Phi) is 8.22. The fourth-order valence-electron chi connectivity index (χ4n) is 3.81. The number of urea groups is 1. The Hall–Kier alpha value is -4.45. The molecule has 1 aromatic heterocycles. The van der Waals surface area contributed by atoms with E-state index in [1.54, 1.807) is 6.20 Å². The minimum Gasteiger partial charge on any atom is -0.352 e. The van der Waals surface area contributed by atoms with E-state index in [4.69, 9.17) is 0 Å². The van der Waals surface area contributed by atoms with Gasteiger partial charge in [-0.2, -0.15) is 0 Å². The van der Waals surface area contributed by atoms with Gasteiger partial charge in [-0.15, -0.1) is 0 Å². The summed E-state index contributed by atoms with van der Waals surface area (Å²) in [5, 5.41) is 8.80. The fourth-order valence-corrected chi connectivity index (χ4v) is 3.81. The molecule has 1 heterocycles. The molecule has 0 aliphatic rings. The second-order valence-electron chi connectivity index (χ2n) is 8.05. The van der Waals surface area contributed by atoms with E-state index in [1.165, 1.54) is 0 Å². The van der Waals surface area contributed by atoms with Gasteiger partial charge < -0.3 is 16.0 Å². The summed E-state index contributed by atoms with van der Waals surface area (Å²) < 4.78 is 0. The van der Waals surface area contributed by atoms with Gasteiger partial charge in [0.05, 0.1) is 0 Å². The monoisotopic (exact) mass is 464 g/mol. The number of rotatable bonds is 9. The van der Waals surface area contributed by atoms with Crippen molar-refractivity contribution in [2.75, 3.05) is 6.54 Å². The number of aromatic nitrogens is 1. The Balaban J connectivity index is 1.41. The molecule has 0 bridgehead atoms. The number of carbonyl (C=O) groups excluding carboxylic acids is 2. The highest BCUT2D eigenvalue weighted by atomic mass is 16.2. The number of hydrogen-bond acceptors (Lipinski definition) is 3. The molecule has 0 radical (unpaired) electrons. The lowest BCUT2D eigenvalue weighted by atomic mass is 9.95. The van der Waals surface area contributed by atoms with Gasteiger partial charge in [-0.1, -0.05) is 78.9 Å². The Bertz CT molecular complexity index is 1260. The van der Waals surface area contributed by atoms with Gasteiger partial charge in [-0.25, -0.2) is 4.79 Å². The van der Waals surface area contributed by atoms with E-state index in [9.17, 15) is 9.59 Å². The van der Waals surface area contributed by atoms with Crippen LogP contribution in [0.25, 0.3) is 11.1 Å². The molecule has 35 heavy (non-hydrogen) atoms. The lowest BCUT2D eigenvalue weighted by molar-refractivity contribution is 0.0954. The molecule has 3 amide bonds. The van der Waals surface area contributed by atoms with Gasteiger partial charge in [0.2, 0.25) is 0 Å². The van der Waals surface area contributed by atoms with Gasteiger partial charge in [-0.3, -0.25) is 9.78 Å². The van der Waals surface area contributed by atoms with E-state index in [2.05, 4.69) is 20.9 Å². The van der Waals surface area contributed by atoms with E-state index < -0.39 is 0 Å². The first-order chi connectivity index (χ1) is 17.2. The van der Waals surface area contributed by atoms with Gasteiger partial charge >= 0.3 is 6.03 Å². The average molecular weight is 465 g/mol. The number of nitrogens with zero attached hydrogens (tertiary/aromatic N) is 1. The predicted molar refractivity (Wildman–Crippen MR) is 138 cm³/mol. The SMILES string of the molecule is O=C(NCc1ccccc1)NCc1ccccc1-c1ccccc1C(=O)NCCc1ccccn1. The van der Waals surface area contributed by atoms with E-state index >= 15 is 0 Å². The molecule has 0 fully saturated rings. The Morgan fingerprint density at radius 2 is 1.34 bits per heavy atom. The van der Waals surface area contributed by atoms with Crippen molar-refractivity contribution < 1.29 is 9.59 Å². The molecule has 0 unspecified atom stereocenters. The minimum absolute atomic E-state index is 0.139. The zero-order valence-corrected chi connectivity index (χ0v) is 19.4. The third-order valence-corrected chi connectivity index (χ3v) is 5.61. The number of carbonyl (C=O) groups is 2. The van der Waals surface area contributed by atoms with Crippen molar-refractivity contribution in [2.24, 2.45) is 0 Å². The van der Waals surface area contributed by atoms with E-state index in [1.807, 2.05) is 97.1 Å². The van der Waals surface area contributed by atoms with Crippen molar-refractivity contribution in [2.45, 2.75) is 19.5 Å². The van der Waals surface area contributed by atoms with Gasteiger partial charge in [0.15, 0.2) is 0 Å². The summed E-state index contributed by atoms with van der Waals surface area (Å²) in [6, 6.07) is 30.6. The van der Waals surface area contributed by atoms with Crippen molar-refractivity contribution >= 4 is 11.9 Å². The third kappa shape index (κ3) is 6.77. The van der Waals surface area contributed by atoms with Crippen molar-refractivity contribution in [3.8, 4) is 11.1 Å². The first kappa shape index (κ1) is 23.7. The van der Waals surface area contributed by atoms with Crippen molar-refractivity contribution in [3.05, 3.63) is 126 Å². The van der Waals surface area contributed by atoms with Crippen LogP contribution in [0.1, 0.15) is 27.2 Å². The molecule has 0 aliphatic carbocycles. The second-order valence-corrected chi connectivity index (χ2v) is 8.05. The summed E-state index contributed by atoms with van der Waals surface area (Å²) >= 11 is 0. The maximum Gasteiger partial charge on any atom is 0.315 e. The molecular formula is C29H28N4O2. The summed E-state index contributed by atoms with van der Waals surface area (Å²) in [7, 11) is 0. The fraction of sp³-hybridized carbons (Fsp3) is 0.138. The molecule has 4 aromatic rings. The van der Waals surface area contributed by atoms with Crippen LogP contribution >= 0.6 is 0 Å². The normalized spacial score (nSPS) is 10.4. The highest BCUT2D eigenvalue weighted by Gasteiger charge is 2.15. The highest BCUT2D eigenvalue weighted by molar-refractivity contribution is 6.01. The first-order valence-corrected chi connectivity index (χ1v) is 11.6. The molecular weight excluding hydrogens is 436 g/mol. The quantitative estimate of drug-likeness (QED) is 0.335. The zero-order valence-electron chi connectivity index (χ0n) is 19.4. The topological polar surface area (TPSA) is 83.1 Å². The van der Waals surface area contributed by atoms with Crippen molar-refractivity contribution in [1.29, 1.82) is 0 Å². The Morgan fingerprint density at radius 1 is 0.657 bits per heavy atom. The summed E-state index contributed by atoms with van der Waals surface area (Å²) in [5.41, 5.74) is 5.22. The van der Waals surface area contributed by atoms with E-state index in [0.29, 0.717) is 31.6 Å². The van der Waals surface area contributed by atoms with E-state index in [0.717, 1.165) is 27.9 Å². The lowest BCUT2D eigenvalue weighted by Crippen LogP contribution is -2.34. The molecule has 0 aliphatic heterocycles. The molecule has 0 atom stereocenters. The summed E-state index contributed by atoms with van der Waals surface area (Å²) in [4.78, 5) is 29.7. The lowest BCUT2D eigenvalue weighted by Gasteiger charge is -2.15. The van der Waals surface area contributed by atoms with Crippen LogP contribution in [-0.4, -0.2) is 23.5 Å².